The summed E-state index contributed by atoms with van der Waals surface area (Å²) in [5, 5.41) is 2.43. The zero-order valence-corrected chi connectivity index (χ0v) is 13.2. The summed E-state index contributed by atoms with van der Waals surface area (Å²) in [5.41, 5.74) is 1.25. The second-order valence-corrected chi connectivity index (χ2v) is 6.53. The Hall–Kier alpha value is -1.39. The quantitative estimate of drug-likeness (QED) is 0.785. The molecule has 21 heavy (non-hydrogen) atoms. The van der Waals surface area contributed by atoms with Crippen molar-refractivity contribution in [1.29, 1.82) is 0 Å². The van der Waals surface area contributed by atoms with Gasteiger partial charge in [0.25, 0.3) is 5.91 Å². The van der Waals surface area contributed by atoms with Crippen molar-refractivity contribution in [2.75, 3.05) is 6.54 Å². The van der Waals surface area contributed by atoms with Gasteiger partial charge in [0, 0.05) is 16.4 Å². The van der Waals surface area contributed by atoms with Crippen LogP contribution in [0.25, 0.3) is 0 Å². The van der Waals surface area contributed by atoms with E-state index in [-0.39, 0.29) is 17.5 Å². The number of halogens is 2. The van der Waals surface area contributed by atoms with E-state index in [4.69, 9.17) is 11.6 Å². The van der Waals surface area contributed by atoms with Crippen LogP contribution in [0, 0.1) is 5.82 Å². The first kappa shape index (κ1) is 14.5. The van der Waals surface area contributed by atoms with Gasteiger partial charge in [-0.1, -0.05) is 18.5 Å². The van der Waals surface area contributed by atoms with E-state index < -0.39 is 5.82 Å². The number of amides is 1. The fourth-order valence-electron chi connectivity index (χ4n) is 2.90. The molecule has 0 spiro atoms. The molecule has 1 aliphatic rings. The predicted octanol–water partition coefficient (Wildman–Crippen LogP) is 4.69. The Balaban J connectivity index is 1.96. The molecule has 1 aliphatic heterocycles. The molecule has 0 N–H and O–H groups in total. The van der Waals surface area contributed by atoms with Gasteiger partial charge in [0.1, 0.15) is 5.82 Å². The third kappa shape index (κ3) is 2.58. The average Bonchev–Trinajstić information content (AvgIpc) is 2.96. The summed E-state index contributed by atoms with van der Waals surface area (Å²) in [6.07, 6.45) is 1.65. The van der Waals surface area contributed by atoms with Gasteiger partial charge >= 0.3 is 0 Å². The third-order valence-electron chi connectivity index (χ3n) is 3.90. The topological polar surface area (TPSA) is 20.3 Å². The molecule has 0 saturated heterocycles. The molecule has 5 heteroatoms. The van der Waals surface area contributed by atoms with Crippen molar-refractivity contribution in [2.45, 2.75) is 25.8 Å². The van der Waals surface area contributed by atoms with Gasteiger partial charge in [0.2, 0.25) is 0 Å². The molecular weight excluding hydrogens is 309 g/mol. The van der Waals surface area contributed by atoms with E-state index in [9.17, 15) is 9.18 Å². The Kier molecular flexibility index (Phi) is 4.00. The number of hydrogen-bond acceptors (Lipinski definition) is 2. The Morgan fingerprint density at radius 1 is 1.48 bits per heavy atom. The van der Waals surface area contributed by atoms with Crippen LogP contribution in [0.1, 0.15) is 40.2 Å². The maximum absolute atomic E-state index is 13.9. The lowest BCUT2D eigenvalue weighted by Crippen LogP contribution is -2.39. The van der Waals surface area contributed by atoms with Crippen LogP contribution in [-0.4, -0.2) is 17.4 Å². The van der Waals surface area contributed by atoms with Crippen molar-refractivity contribution >= 4 is 28.8 Å². The SMILES string of the molecule is CCC1c2ccsc2CCN1C(=O)c1cc(Cl)ccc1F. The Morgan fingerprint density at radius 3 is 3.05 bits per heavy atom. The zero-order chi connectivity index (χ0) is 15.0. The number of nitrogens with zero attached hydrogens (tertiary/aromatic N) is 1. The molecule has 2 nitrogen and oxygen atoms in total. The summed E-state index contributed by atoms with van der Waals surface area (Å²) in [6.45, 7) is 2.67. The van der Waals surface area contributed by atoms with Crippen LogP contribution in [0.3, 0.4) is 0 Å². The standard InChI is InChI=1S/C16H15ClFNOS/c1-2-14-11-6-8-21-15(11)5-7-19(14)16(20)12-9-10(17)3-4-13(12)18/h3-4,6,8-9,14H,2,5,7H2,1H3. The maximum atomic E-state index is 13.9. The summed E-state index contributed by atoms with van der Waals surface area (Å²) < 4.78 is 13.9. The van der Waals surface area contributed by atoms with E-state index in [2.05, 4.69) is 11.4 Å². The maximum Gasteiger partial charge on any atom is 0.257 e. The van der Waals surface area contributed by atoms with Crippen LogP contribution < -0.4 is 0 Å². The molecule has 0 bridgehead atoms. The molecule has 110 valence electrons. The smallest absolute Gasteiger partial charge is 0.257 e. The number of fused-ring (bicyclic) bond motifs is 1. The van der Waals surface area contributed by atoms with Crippen molar-refractivity contribution in [1.82, 2.24) is 4.90 Å². The van der Waals surface area contributed by atoms with E-state index in [0.29, 0.717) is 11.6 Å². The van der Waals surface area contributed by atoms with E-state index in [1.807, 2.05) is 6.92 Å². The normalized spacial score (nSPS) is 17.7. The summed E-state index contributed by atoms with van der Waals surface area (Å²) in [7, 11) is 0. The van der Waals surface area contributed by atoms with Crippen LogP contribution in [0.15, 0.2) is 29.6 Å². The van der Waals surface area contributed by atoms with Gasteiger partial charge in [0.15, 0.2) is 0 Å². The lowest BCUT2D eigenvalue weighted by Gasteiger charge is -2.35. The number of thiophene rings is 1. The Bertz CT molecular complexity index is 685. The van der Waals surface area contributed by atoms with Crippen LogP contribution in [0.5, 0.6) is 0 Å². The minimum Gasteiger partial charge on any atom is -0.331 e. The lowest BCUT2D eigenvalue weighted by atomic mass is 9.97. The lowest BCUT2D eigenvalue weighted by molar-refractivity contribution is 0.0652. The largest absolute Gasteiger partial charge is 0.331 e. The summed E-state index contributed by atoms with van der Waals surface area (Å²) in [5.74, 6) is -0.797. The third-order valence-corrected chi connectivity index (χ3v) is 5.13. The highest BCUT2D eigenvalue weighted by molar-refractivity contribution is 7.10. The molecule has 1 aromatic heterocycles. The van der Waals surface area contributed by atoms with Gasteiger partial charge in [-0.25, -0.2) is 4.39 Å². The van der Waals surface area contributed by atoms with Crippen molar-refractivity contribution < 1.29 is 9.18 Å². The average molecular weight is 324 g/mol. The molecule has 0 aliphatic carbocycles. The number of benzene rings is 1. The number of carbonyl (C=O) groups excluding carboxylic acids is 1. The molecule has 1 unspecified atom stereocenters. The highest BCUT2D eigenvalue weighted by Crippen LogP contribution is 2.36. The van der Waals surface area contributed by atoms with Crippen molar-refractivity contribution in [3.8, 4) is 0 Å². The fourth-order valence-corrected chi connectivity index (χ4v) is 4.00. The first-order valence-corrected chi connectivity index (χ1v) is 8.20. The van der Waals surface area contributed by atoms with Crippen molar-refractivity contribution in [2.24, 2.45) is 0 Å². The van der Waals surface area contributed by atoms with Gasteiger partial charge in [0.05, 0.1) is 11.6 Å². The van der Waals surface area contributed by atoms with Crippen molar-refractivity contribution in [3.05, 3.63) is 56.5 Å². The second kappa shape index (κ2) is 5.78. The highest BCUT2D eigenvalue weighted by atomic mass is 35.5. The molecule has 1 atom stereocenters. The van der Waals surface area contributed by atoms with Gasteiger partial charge in [-0.05, 0) is 48.1 Å². The molecule has 0 saturated carbocycles. The summed E-state index contributed by atoms with van der Waals surface area (Å²) >= 11 is 7.62. The second-order valence-electron chi connectivity index (χ2n) is 5.10. The molecular formula is C16H15ClFNOS. The number of hydrogen-bond donors (Lipinski definition) is 0. The molecule has 1 aromatic carbocycles. The first-order valence-electron chi connectivity index (χ1n) is 6.94. The van der Waals surface area contributed by atoms with E-state index in [1.54, 1.807) is 16.2 Å². The van der Waals surface area contributed by atoms with Crippen LogP contribution in [0.4, 0.5) is 4.39 Å². The Labute approximate surface area is 132 Å². The fraction of sp³-hybridized carbons (Fsp3) is 0.312. The molecule has 2 aromatic rings. The zero-order valence-electron chi connectivity index (χ0n) is 11.6. The summed E-state index contributed by atoms with van der Waals surface area (Å²) in [4.78, 5) is 15.8. The van der Waals surface area contributed by atoms with Crippen LogP contribution in [0.2, 0.25) is 5.02 Å². The minimum absolute atomic E-state index is 0.0193. The molecule has 2 heterocycles. The monoisotopic (exact) mass is 323 g/mol. The molecule has 0 radical (unpaired) electrons. The van der Waals surface area contributed by atoms with E-state index in [1.165, 1.54) is 28.6 Å². The van der Waals surface area contributed by atoms with Crippen molar-refractivity contribution in [3.63, 3.8) is 0 Å². The predicted molar refractivity (Wildman–Crippen MR) is 83.5 cm³/mol. The van der Waals surface area contributed by atoms with Gasteiger partial charge in [-0.2, -0.15) is 0 Å². The number of carbonyl (C=O) groups is 1. The molecule has 1 amide bonds. The van der Waals surface area contributed by atoms with Gasteiger partial charge < -0.3 is 4.90 Å². The highest BCUT2D eigenvalue weighted by Gasteiger charge is 2.31. The van der Waals surface area contributed by atoms with Crippen LogP contribution in [-0.2, 0) is 6.42 Å². The summed E-state index contributed by atoms with van der Waals surface area (Å²) in [6, 6.07) is 6.21. The molecule has 0 fully saturated rings. The molecule has 3 rings (SSSR count). The number of rotatable bonds is 2. The first-order chi connectivity index (χ1) is 10.1. The Morgan fingerprint density at radius 2 is 2.29 bits per heavy atom. The van der Waals surface area contributed by atoms with Crippen LogP contribution >= 0.6 is 22.9 Å². The van der Waals surface area contributed by atoms with Gasteiger partial charge in [-0.15, -0.1) is 11.3 Å². The van der Waals surface area contributed by atoms with Gasteiger partial charge in [-0.3, -0.25) is 4.79 Å². The van der Waals surface area contributed by atoms with E-state index in [0.717, 1.165) is 12.8 Å². The minimum atomic E-state index is -0.518. The van der Waals surface area contributed by atoms with E-state index >= 15 is 0 Å².